The molecular formula is C26H36N2O2. The van der Waals surface area contributed by atoms with Crippen molar-refractivity contribution in [1.82, 2.24) is 5.32 Å². The van der Waals surface area contributed by atoms with E-state index in [1.54, 1.807) is 0 Å². The first-order valence-corrected chi connectivity index (χ1v) is 11.3. The first kappa shape index (κ1) is 22.2. The number of aryl methyl sites for hydroxylation is 2. The zero-order chi connectivity index (χ0) is 21.7. The minimum absolute atomic E-state index is 0.0651. The van der Waals surface area contributed by atoms with E-state index in [1.807, 2.05) is 32.9 Å². The van der Waals surface area contributed by atoms with Crippen molar-refractivity contribution in [1.29, 1.82) is 0 Å². The molecule has 1 saturated heterocycles. The maximum Gasteiger partial charge on any atom is 0.261 e. The molecule has 0 bridgehead atoms. The van der Waals surface area contributed by atoms with Crippen LogP contribution in [0.3, 0.4) is 0 Å². The highest BCUT2D eigenvalue weighted by Crippen LogP contribution is 2.25. The number of hydrogen-bond donors (Lipinski definition) is 1. The Morgan fingerprint density at radius 3 is 2.40 bits per heavy atom. The third-order valence-electron chi connectivity index (χ3n) is 6.16. The van der Waals surface area contributed by atoms with Gasteiger partial charge in [-0.15, -0.1) is 0 Å². The zero-order valence-corrected chi connectivity index (χ0v) is 19.1. The minimum atomic E-state index is -0.497. The van der Waals surface area contributed by atoms with Crippen molar-refractivity contribution in [3.63, 3.8) is 0 Å². The summed E-state index contributed by atoms with van der Waals surface area (Å²) >= 11 is 0. The van der Waals surface area contributed by atoms with Gasteiger partial charge in [-0.3, -0.25) is 4.79 Å². The lowest BCUT2D eigenvalue weighted by Gasteiger charge is -2.32. The average Bonchev–Trinajstić information content (AvgIpc) is 2.74. The number of carbonyl (C=O) groups excluding carboxylic acids is 1. The quantitative estimate of drug-likeness (QED) is 0.651. The fraction of sp³-hybridized carbons (Fsp3) is 0.500. The average molecular weight is 409 g/mol. The van der Waals surface area contributed by atoms with Crippen molar-refractivity contribution < 1.29 is 9.53 Å². The van der Waals surface area contributed by atoms with Crippen LogP contribution in [0.15, 0.2) is 42.5 Å². The molecule has 4 heteroatoms. The summed E-state index contributed by atoms with van der Waals surface area (Å²) < 4.78 is 6.04. The van der Waals surface area contributed by atoms with Gasteiger partial charge in [-0.1, -0.05) is 43.7 Å². The van der Waals surface area contributed by atoms with Crippen LogP contribution in [0.4, 0.5) is 5.69 Å². The van der Waals surface area contributed by atoms with Crippen LogP contribution >= 0.6 is 0 Å². The second-order valence-corrected chi connectivity index (χ2v) is 8.78. The number of ether oxygens (including phenoxy) is 1. The molecule has 2 aromatic carbocycles. The molecule has 0 spiro atoms. The van der Waals surface area contributed by atoms with E-state index >= 15 is 0 Å². The van der Waals surface area contributed by atoms with Gasteiger partial charge >= 0.3 is 0 Å². The first-order valence-electron chi connectivity index (χ1n) is 11.3. The van der Waals surface area contributed by atoms with Crippen LogP contribution in [0.1, 0.15) is 62.8 Å². The van der Waals surface area contributed by atoms with Crippen LogP contribution in [0.2, 0.25) is 0 Å². The van der Waals surface area contributed by atoms with Crippen LogP contribution in [-0.4, -0.2) is 25.1 Å². The van der Waals surface area contributed by atoms with Crippen molar-refractivity contribution in [2.24, 2.45) is 5.92 Å². The number of amides is 1. The third-order valence-corrected chi connectivity index (χ3v) is 6.16. The Kier molecular flexibility index (Phi) is 7.41. The molecule has 0 aliphatic carbocycles. The van der Waals surface area contributed by atoms with E-state index in [0.717, 1.165) is 35.9 Å². The van der Waals surface area contributed by atoms with Crippen LogP contribution in [0.25, 0.3) is 0 Å². The van der Waals surface area contributed by atoms with Gasteiger partial charge in [-0.2, -0.15) is 0 Å². The van der Waals surface area contributed by atoms with Crippen molar-refractivity contribution in [2.45, 2.75) is 66.0 Å². The monoisotopic (exact) mass is 408 g/mol. The largest absolute Gasteiger partial charge is 0.480 e. The van der Waals surface area contributed by atoms with Gasteiger partial charge in [0.15, 0.2) is 6.10 Å². The molecule has 1 amide bonds. The van der Waals surface area contributed by atoms with Gasteiger partial charge in [-0.05, 0) is 75.3 Å². The number of hydrogen-bond acceptors (Lipinski definition) is 3. The van der Waals surface area contributed by atoms with Crippen molar-refractivity contribution >= 4 is 11.6 Å². The van der Waals surface area contributed by atoms with Crippen molar-refractivity contribution in [3.8, 4) is 5.75 Å². The number of nitrogens with zero attached hydrogens (tertiary/aromatic N) is 1. The fourth-order valence-corrected chi connectivity index (χ4v) is 4.04. The summed E-state index contributed by atoms with van der Waals surface area (Å²) in [6.07, 6.45) is 2.64. The van der Waals surface area contributed by atoms with Gasteiger partial charge in [0, 0.05) is 18.8 Å². The lowest BCUT2D eigenvalue weighted by molar-refractivity contribution is -0.128. The second kappa shape index (κ2) is 10.0. The molecular weight excluding hydrogens is 372 g/mol. The molecule has 0 unspecified atom stereocenters. The highest BCUT2D eigenvalue weighted by molar-refractivity contribution is 5.81. The predicted molar refractivity (Wildman–Crippen MR) is 124 cm³/mol. The fourth-order valence-electron chi connectivity index (χ4n) is 4.04. The van der Waals surface area contributed by atoms with Gasteiger partial charge in [-0.25, -0.2) is 0 Å². The molecule has 0 saturated carbocycles. The summed E-state index contributed by atoms with van der Waals surface area (Å²) in [7, 11) is 0. The second-order valence-electron chi connectivity index (χ2n) is 8.78. The first-order chi connectivity index (χ1) is 14.4. The highest BCUT2D eigenvalue weighted by atomic mass is 16.5. The van der Waals surface area contributed by atoms with E-state index in [0.29, 0.717) is 6.42 Å². The molecule has 0 aromatic heterocycles. The Hall–Kier alpha value is -2.49. The van der Waals surface area contributed by atoms with Crippen molar-refractivity contribution in [2.75, 3.05) is 18.0 Å². The zero-order valence-electron chi connectivity index (χ0n) is 19.1. The van der Waals surface area contributed by atoms with Crippen LogP contribution in [0, 0.1) is 19.8 Å². The van der Waals surface area contributed by atoms with Gasteiger partial charge < -0.3 is 15.0 Å². The molecule has 1 aliphatic heterocycles. The number of anilines is 1. The van der Waals surface area contributed by atoms with Crippen molar-refractivity contribution in [3.05, 3.63) is 59.2 Å². The molecule has 2 aromatic rings. The van der Waals surface area contributed by atoms with Gasteiger partial charge in [0.1, 0.15) is 5.75 Å². The maximum atomic E-state index is 12.8. The van der Waals surface area contributed by atoms with E-state index in [-0.39, 0.29) is 11.9 Å². The molecule has 3 rings (SSSR count). The maximum absolute atomic E-state index is 12.8. The Morgan fingerprint density at radius 2 is 1.80 bits per heavy atom. The number of piperidine rings is 1. The summed E-state index contributed by atoms with van der Waals surface area (Å²) in [6, 6.07) is 14.6. The summed E-state index contributed by atoms with van der Waals surface area (Å²) in [4.78, 5) is 15.3. The predicted octanol–water partition coefficient (Wildman–Crippen LogP) is 5.57. The molecule has 2 atom stereocenters. The molecule has 4 nitrogen and oxygen atoms in total. The summed E-state index contributed by atoms with van der Waals surface area (Å²) in [6.45, 7) is 12.7. The Labute approximate surface area is 181 Å². The Morgan fingerprint density at radius 1 is 1.13 bits per heavy atom. The molecule has 1 aliphatic rings. The lowest BCUT2D eigenvalue weighted by Crippen LogP contribution is -2.39. The SMILES string of the molecule is CC[C@H](Oc1ccc(C)cc1C)C(=O)N[C@H](C)c1ccc(N2CCC(C)CC2)cc1. The van der Waals surface area contributed by atoms with E-state index in [2.05, 4.69) is 54.4 Å². The lowest BCUT2D eigenvalue weighted by atomic mass is 9.98. The molecule has 1 heterocycles. The van der Waals surface area contributed by atoms with E-state index in [9.17, 15) is 4.79 Å². The molecule has 30 heavy (non-hydrogen) atoms. The van der Waals surface area contributed by atoms with E-state index < -0.39 is 6.10 Å². The highest BCUT2D eigenvalue weighted by Gasteiger charge is 2.22. The Balaban J connectivity index is 1.59. The third kappa shape index (κ3) is 5.56. The topological polar surface area (TPSA) is 41.6 Å². The van der Waals surface area contributed by atoms with E-state index in [4.69, 9.17) is 4.74 Å². The smallest absolute Gasteiger partial charge is 0.261 e. The number of rotatable bonds is 7. The summed E-state index contributed by atoms with van der Waals surface area (Å²) in [5.41, 5.74) is 4.62. The number of nitrogens with one attached hydrogen (secondary N) is 1. The molecule has 1 N–H and O–H groups in total. The van der Waals surface area contributed by atoms with Crippen LogP contribution in [0.5, 0.6) is 5.75 Å². The van der Waals surface area contributed by atoms with Crippen LogP contribution < -0.4 is 15.0 Å². The van der Waals surface area contributed by atoms with Crippen LogP contribution in [-0.2, 0) is 4.79 Å². The molecule has 1 fully saturated rings. The normalized spacial score (nSPS) is 16.8. The van der Waals surface area contributed by atoms with E-state index in [1.165, 1.54) is 24.1 Å². The molecule has 162 valence electrons. The molecule has 0 radical (unpaired) electrons. The number of benzene rings is 2. The minimum Gasteiger partial charge on any atom is -0.480 e. The van der Waals surface area contributed by atoms with Gasteiger partial charge in [0.2, 0.25) is 0 Å². The van der Waals surface area contributed by atoms with Gasteiger partial charge in [0.25, 0.3) is 5.91 Å². The summed E-state index contributed by atoms with van der Waals surface area (Å²) in [5, 5.41) is 3.13. The standard InChI is InChI=1S/C26H36N2O2/c1-6-24(30-25-12-7-19(3)17-20(25)4)26(29)27-21(5)22-8-10-23(11-9-22)28-15-13-18(2)14-16-28/h7-12,17-18,21,24H,6,13-16H2,1-5H3,(H,27,29)/t21-,24+/m1/s1. The summed E-state index contributed by atoms with van der Waals surface area (Å²) in [5.74, 6) is 1.53. The Bertz CT molecular complexity index is 839. The number of carbonyl (C=O) groups is 1. The van der Waals surface area contributed by atoms with Gasteiger partial charge in [0.05, 0.1) is 6.04 Å².